The minimum Gasteiger partial charge on any atom is -0.491 e. The molecule has 0 aliphatic heterocycles. The van der Waals surface area contributed by atoms with Gasteiger partial charge in [0.1, 0.15) is 5.75 Å². The summed E-state index contributed by atoms with van der Waals surface area (Å²) in [6, 6.07) is 60.3. The summed E-state index contributed by atoms with van der Waals surface area (Å²) < 4.78 is 9.10. The van der Waals surface area contributed by atoms with E-state index >= 15 is 0 Å². The summed E-state index contributed by atoms with van der Waals surface area (Å²) in [7, 11) is 0. The van der Waals surface area contributed by atoms with Gasteiger partial charge in [-0.15, -0.1) is 0 Å². The van der Waals surface area contributed by atoms with Gasteiger partial charge in [-0.3, -0.25) is 0 Å². The first-order valence-electron chi connectivity index (χ1n) is 29.0. The molecular formula is C74H79B2NO2. The standard InChI is InChI=1S/C74H79B2NO2/c1-47-37-51(5)71(52(6)38-47)75(72-53(7)39-48(2)40-54(72)8)63-29-23-59(24-30-63)61-27-33-67-65(45-61)66-46-62(28-34-68(66)77(67)69-21-17-18-22-70(69)79-36-20-16-14-13-15-19-35-78)60-25-31-64(32-26-60)76(73-55(9)41-49(3)42-56(73)10)74-57(11)43-50(4)44-58(74)12/h17-18,21-34,37-46,78H,13-16,19-20,35-36H2,1-12H3. The number of aliphatic hydroxyl groups excluding tert-OH is 1. The second-order valence-electron chi connectivity index (χ2n) is 23.3. The van der Waals surface area contributed by atoms with E-state index in [0.717, 1.165) is 61.0 Å². The number of rotatable bonds is 18. The van der Waals surface area contributed by atoms with Crippen LogP contribution in [0.4, 0.5) is 0 Å². The van der Waals surface area contributed by atoms with Crippen molar-refractivity contribution in [3.63, 3.8) is 0 Å². The number of ether oxygens (including phenoxy) is 1. The summed E-state index contributed by atoms with van der Waals surface area (Å²) in [5.74, 6) is 0.890. The second kappa shape index (κ2) is 23.6. The molecule has 0 saturated heterocycles. The maximum absolute atomic E-state index is 9.24. The van der Waals surface area contributed by atoms with Crippen LogP contribution in [0, 0.1) is 83.1 Å². The largest absolute Gasteiger partial charge is 0.491 e. The van der Waals surface area contributed by atoms with Crippen molar-refractivity contribution in [3.8, 4) is 33.7 Å². The number of hydrogen-bond acceptors (Lipinski definition) is 2. The number of aryl methyl sites for hydroxylation is 12. The van der Waals surface area contributed by atoms with Crippen molar-refractivity contribution in [2.75, 3.05) is 13.2 Å². The van der Waals surface area contributed by atoms with E-state index in [2.05, 4.69) is 245 Å². The Morgan fingerprint density at radius 1 is 0.354 bits per heavy atom. The molecule has 0 atom stereocenters. The third kappa shape index (κ3) is 11.3. The van der Waals surface area contributed by atoms with Gasteiger partial charge >= 0.3 is 0 Å². The topological polar surface area (TPSA) is 34.4 Å². The Morgan fingerprint density at radius 2 is 0.684 bits per heavy atom. The van der Waals surface area contributed by atoms with Crippen LogP contribution in [0.3, 0.4) is 0 Å². The molecule has 0 spiro atoms. The molecule has 0 aliphatic rings. The second-order valence-corrected chi connectivity index (χ2v) is 23.3. The predicted molar refractivity (Wildman–Crippen MR) is 344 cm³/mol. The Hall–Kier alpha value is -7.33. The summed E-state index contributed by atoms with van der Waals surface area (Å²) in [4.78, 5) is 0. The molecule has 0 fully saturated rings. The number of nitrogens with zero attached hydrogens (tertiary/aromatic N) is 1. The lowest BCUT2D eigenvalue weighted by molar-refractivity contribution is 0.280. The molecule has 0 amide bonds. The molecule has 0 unspecified atom stereocenters. The van der Waals surface area contributed by atoms with Crippen molar-refractivity contribution < 1.29 is 9.84 Å². The van der Waals surface area contributed by atoms with Crippen molar-refractivity contribution in [2.24, 2.45) is 0 Å². The van der Waals surface area contributed by atoms with Crippen LogP contribution in [0.1, 0.15) is 105 Å². The minimum atomic E-state index is 0.111. The summed E-state index contributed by atoms with van der Waals surface area (Å²) >= 11 is 0. The molecule has 3 nitrogen and oxygen atoms in total. The zero-order valence-electron chi connectivity index (χ0n) is 49.1. The van der Waals surface area contributed by atoms with Crippen LogP contribution in [0.15, 0.2) is 158 Å². The quantitative estimate of drug-likeness (QED) is 0.0686. The van der Waals surface area contributed by atoms with Gasteiger partial charge in [-0.05, 0) is 155 Å². The Morgan fingerprint density at radius 3 is 1.05 bits per heavy atom. The van der Waals surface area contributed by atoms with Gasteiger partial charge < -0.3 is 14.4 Å². The first-order valence-corrected chi connectivity index (χ1v) is 29.0. The lowest BCUT2D eigenvalue weighted by Crippen LogP contribution is -2.55. The summed E-state index contributed by atoms with van der Waals surface area (Å²) in [5, 5.41) is 11.7. The average molecular weight is 1040 g/mol. The van der Waals surface area contributed by atoms with Crippen molar-refractivity contribution in [3.05, 3.63) is 224 Å². The molecule has 0 saturated carbocycles. The van der Waals surface area contributed by atoms with E-state index in [-0.39, 0.29) is 20.0 Å². The molecule has 0 aliphatic carbocycles. The van der Waals surface area contributed by atoms with Crippen molar-refractivity contribution in [2.45, 2.75) is 122 Å². The highest BCUT2D eigenvalue weighted by Gasteiger charge is 2.30. The maximum atomic E-state index is 9.24. The van der Waals surface area contributed by atoms with Gasteiger partial charge in [0.25, 0.3) is 0 Å². The molecule has 0 bridgehead atoms. The Labute approximate surface area is 472 Å². The minimum absolute atomic E-state index is 0.111. The summed E-state index contributed by atoms with van der Waals surface area (Å²) in [5.41, 5.74) is 32.2. The van der Waals surface area contributed by atoms with Gasteiger partial charge in [0.2, 0.25) is 13.4 Å². The highest BCUT2D eigenvalue weighted by atomic mass is 16.5. The maximum Gasteiger partial charge on any atom is 0.242 e. The van der Waals surface area contributed by atoms with Crippen molar-refractivity contribution in [1.82, 2.24) is 4.57 Å². The fourth-order valence-electron chi connectivity index (χ4n) is 13.8. The number of para-hydroxylation sites is 2. The molecule has 10 aromatic rings. The lowest BCUT2D eigenvalue weighted by atomic mass is 9.34. The van der Waals surface area contributed by atoms with E-state index in [1.165, 1.54) is 133 Å². The SMILES string of the molecule is Cc1cc(C)c(B(c2ccc(-c3ccc4c(c3)c3cc(-c5ccc(B(c6c(C)cc(C)cc6C)c6c(C)cc(C)cc6C)cc5)ccc3n4-c3ccccc3OCCCCCCCCO)cc2)c2c(C)cc(C)cc2C)c(C)c1. The molecule has 79 heavy (non-hydrogen) atoms. The fourth-order valence-corrected chi connectivity index (χ4v) is 13.8. The van der Waals surface area contributed by atoms with Crippen LogP contribution < -0.4 is 37.5 Å². The third-order valence-corrected chi connectivity index (χ3v) is 16.9. The van der Waals surface area contributed by atoms with E-state index in [0.29, 0.717) is 6.61 Å². The molecule has 9 aromatic carbocycles. The highest BCUT2D eigenvalue weighted by molar-refractivity contribution is 6.97. The number of unbranched alkanes of at least 4 members (excludes halogenated alkanes) is 5. The first kappa shape index (κ1) is 55.0. The third-order valence-electron chi connectivity index (χ3n) is 16.9. The van der Waals surface area contributed by atoms with Crippen LogP contribution in [0.2, 0.25) is 0 Å². The van der Waals surface area contributed by atoms with E-state index < -0.39 is 0 Å². The van der Waals surface area contributed by atoms with E-state index in [1.54, 1.807) is 0 Å². The molecule has 398 valence electrons. The number of aromatic nitrogens is 1. The molecule has 0 radical (unpaired) electrons. The Balaban J connectivity index is 1.08. The zero-order chi connectivity index (χ0) is 55.6. The number of fused-ring (bicyclic) bond motifs is 3. The van der Waals surface area contributed by atoms with Crippen LogP contribution in [-0.4, -0.2) is 36.3 Å². The normalized spacial score (nSPS) is 11.5. The Bertz CT molecular complexity index is 3430. The molecule has 5 heteroatoms. The van der Waals surface area contributed by atoms with Crippen molar-refractivity contribution >= 4 is 68.0 Å². The van der Waals surface area contributed by atoms with E-state index in [4.69, 9.17) is 4.74 Å². The molecule has 1 N–H and O–H groups in total. The lowest BCUT2D eigenvalue weighted by Gasteiger charge is -2.24. The number of benzene rings is 9. The molecular weight excluding hydrogens is 956 g/mol. The van der Waals surface area contributed by atoms with Gasteiger partial charge in [-0.25, -0.2) is 0 Å². The van der Waals surface area contributed by atoms with Gasteiger partial charge in [-0.2, -0.15) is 0 Å². The summed E-state index contributed by atoms with van der Waals surface area (Å²) in [6.07, 6.45) is 6.38. The molecule has 1 aromatic heterocycles. The summed E-state index contributed by atoms with van der Waals surface area (Å²) in [6.45, 7) is 28.3. The van der Waals surface area contributed by atoms with Crippen LogP contribution in [0.25, 0.3) is 49.7 Å². The van der Waals surface area contributed by atoms with Gasteiger partial charge in [0.05, 0.1) is 23.3 Å². The predicted octanol–water partition coefficient (Wildman–Crippen LogP) is 14.6. The zero-order valence-corrected chi connectivity index (χ0v) is 49.1. The van der Waals surface area contributed by atoms with Crippen molar-refractivity contribution in [1.29, 1.82) is 0 Å². The fraction of sp³-hybridized carbons (Fsp3) is 0.270. The highest BCUT2D eigenvalue weighted by Crippen LogP contribution is 2.39. The first-order chi connectivity index (χ1) is 38.1. The van der Waals surface area contributed by atoms with Crippen LogP contribution in [0.5, 0.6) is 5.75 Å². The van der Waals surface area contributed by atoms with Crippen LogP contribution in [-0.2, 0) is 0 Å². The van der Waals surface area contributed by atoms with Gasteiger partial charge in [-0.1, -0.05) is 247 Å². The van der Waals surface area contributed by atoms with Gasteiger partial charge in [0.15, 0.2) is 0 Å². The monoisotopic (exact) mass is 1040 g/mol. The average Bonchev–Trinajstić information content (AvgIpc) is 3.99. The number of aliphatic hydroxyl groups is 1. The van der Waals surface area contributed by atoms with Crippen LogP contribution >= 0.6 is 0 Å². The van der Waals surface area contributed by atoms with Gasteiger partial charge in [0, 0.05) is 17.4 Å². The Kier molecular flexibility index (Phi) is 16.4. The molecule has 10 rings (SSSR count). The van der Waals surface area contributed by atoms with E-state index in [1.807, 2.05) is 0 Å². The smallest absolute Gasteiger partial charge is 0.242 e. The molecule has 1 heterocycles. The number of hydrogen-bond donors (Lipinski definition) is 1. The van der Waals surface area contributed by atoms with E-state index in [9.17, 15) is 5.11 Å².